The molecule has 5 heterocycles. The lowest BCUT2D eigenvalue weighted by Crippen LogP contribution is -2.48. The molecule has 0 bridgehead atoms. The van der Waals surface area contributed by atoms with Crippen LogP contribution in [0.15, 0.2) is 53.5 Å². The highest BCUT2D eigenvalue weighted by Gasteiger charge is 2.33. The van der Waals surface area contributed by atoms with Crippen LogP contribution in [0.3, 0.4) is 0 Å². The lowest BCUT2D eigenvalue weighted by Gasteiger charge is -2.38. The molecule has 0 aliphatic carbocycles. The van der Waals surface area contributed by atoms with E-state index in [1.165, 1.54) is 17.8 Å². The number of aliphatic hydroxyl groups excluding tert-OH is 1. The average Bonchev–Trinajstić information content (AvgIpc) is 3.48. The van der Waals surface area contributed by atoms with E-state index in [0.29, 0.717) is 65.0 Å². The van der Waals surface area contributed by atoms with Crippen molar-refractivity contribution in [2.24, 2.45) is 20.0 Å². The summed E-state index contributed by atoms with van der Waals surface area (Å²) in [5, 5.41) is 28.7. The van der Waals surface area contributed by atoms with Crippen molar-refractivity contribution in [3.8, 4) is 5.75 Å². The molecule has 0 spiro atoms. The van der Waals surface area contributed by atoms with Gasteiger partial charge in [-0.25, -0.2) is 4.98 Å². The third-order valence-electron chi connectivity index (χ3n) is 9.88. The zero-order valence-electron chi connectivity index (χ0n) is 29.4. The van der Waals surface area contributed by atoms with E-state index in [-0.39, 0.29) is 60.6 Å². The van der Waals surface area contributed by atoms with E-state index >= 15 is 0 Å². The number of rotatable bonds is 10. The first-order chi connectivity index (χ1) is 25.5. The maximum Gasteiger partial charge on any atom is 0.293 e. The Balaban J connectivity index is 1.05. The van der Waals surface area contributed by atoms with Crippen molar-refractivity contribution in [3.63, 3.8) is 0 Å². The van der Waals surface area contributed by atoms with Crippen molar-refractivity contribution in [1.29, 1.82) is 0 Å². The minimum Gasteiger partial charge on any atom is -0.478 e. The zero-order chi connectivity index (χ0) is 37.4. The van der Waals surface area contributed by atoms with Crippen LogP contribution in [0.4, 0.5) is 23.1 Å². The molecule has 2 aliphatic rings. The van der Waals surface area contributed by atoms with Crippen molar-refractivity contribution in [2.45, 2.75) is 31.2 Å². The van der Waals surface area contributed by atoms with Crippen molar-refractivity contribution in [1.82, 2.24) is 34.9 Å². The maximum atomic E-state index is 12.8. The number of nitrogens with zero attached hydrogens (tertiary/aromatic N) is 6. The van der Waals surface area contributed by atoms with E-state index in [9.17, 15) is 24.3 Å². The average molecular weight is 743 g/mol. The van der Waals surface area contributed by atoms with E-state index in [1.807, 2.05) is 42.3 Å². The smallest absolute Gasteiger partial charge is 0.293 e. The van der Waals surface area contributed by atoms with Gasteiger partial charge in [-0.05, 0) is 55.3 Å². The van der Waals surface area contributed by atoms with Crippen molar-refractivity contribution in [2.75, 3.05) is 48.9 Å². The molecule has 2 aromatic carbocycles. The molecule has 0 radical (unpaired) electrons. The van der Waals surface area contributed by atoms with Crippen LogP contribution in [0.1, 0.15) is 30.9 Å². The number of anilines is 4. The Labute approximate surface area is 308 Å². The number of pyridine rings is 1. The maximum absolute atomic E-state index is 12.8. The number of hydrogen-bond acceptors (Lipinski definition) is 12. The highest BCUT2D eigenvalue weighted by molar-refractivity contribution is 6.33. The quantitative estimate of drug-likeness (QED) is 0.131. The largest absolute Gasteiger partial charge is 0.478 e. The first-order valence-corrected chi connectivity index (χ1v) is 17.6. The van der Waals surface area contributed by atoms with Crippen LogP contribution in [-0.4, -0.2) is 86.5 Å². The SMILES string of the molecule is CNC(=O)COc1cc2cc(Nc3nc(N4CC[C@@H](Nc5ccc6c(C7CCC(=O)NC7=O)nn(C)c6c5)[C@@H](CO)C4)ncc3Cl)ccc2n(C)c1=O. The summed E-state index contributed by atoms with van der Waals surface area (Å²) >= 11 is 6.54. The highest BCUT2D eigenvalue weighted by atomic mass is 35.5. The number of likely N-dealkylation sites (N-methyl/N-ethyl adjacent to an activating group) is 1. The Morgan fingerprint density at radius 2 is 1.89 bits per heavy atom. The number of hydrogen-bond donors (Lipinski definition) is 5. The summed E-state index contributed by atoms with van der Waals surface area (Å²) in [4.78, 5) is 60.0. The standard InChI is InChI=1S/C36H39ClN10O6/c1-38-31(50)18-53-29-13-19-12-21(5-8-27(19)45(2)35(29)52)41-33-25(37)15-39-36(43-33)47-11-10-26(20(16-47)17-48)40-22-4-6-23-28(14-22)46(3)44-32(23)24-7-9-30(49)42-34(24)51/h4-6,8,12-15,20,24,26,40,48H,7,9-11,16-18H2,1-3H3,(H,38,50)(H,39,41,43)(H,42,49,51)/t20-,24?,26-/m1/s1. The molecule has 2 fully saturated rings. The number of amides is 3. The van der Waals surface area contributed by atoms with Gasteiger partial charge in [0, 0.05) is 81.4 Å². The summed E-state index contributed by atoms with van der Waals surface area (Å²) in [6, 6.07) is 12.9. The fraction of sp³-hybridized carbons (Fsp3) is 0.361. The van der Waals surface area contributed by atoms with Crippen LogP contribution in [0.2, 0.25) is 5.02 Å². The molecule has 3 atom stereocenters. The third kappa shape index (κ3) is 7.19. The molecular formula is C36H39ClN10O6. The van der Waals surface area contributed by atoms with Crippen LogP contribution in [0.5, 0.6) is 5.75 Å². The number of piperidine rings is 2. The molecule has 5 aromatic rings. The summed E-state index contributed by atoms with van der Waals surface area (Å²) in [6.45, 7) is 0.765. The Bertz CT molecular complexity index is 2310. The van der Waals surface area contributed by atoms with Gasteiger partial charge >= 0.3 is 0 Å². The fourth-order valence-corrected chi connectivity index (χ4v) is 7.11. The van der Waals surface area contributed by atoms with Gasteiger partial charge in [0.15, 0.2) is 18.2 Å². The predicted octanol–water partition coefficient (Wildman–Crippen LogP) is 2.56. The summed E-state index contributed by atoms with van der Waals surface area (Å²) < 4.78 is 8.69. The van der Waals surface area contributed by atoms with Gasteiger partial charge in [-0.3, -0.25) is 29.2 Å². The zero-order valence-corrected chi connectivity index (χ0v) is 30.1. The van der Waals surface area contributed by atoms with E-state index in [0.717, 1.165) is 16.6 Å². The lowest BCUT2D eigenvalue weighted by atomic mass is 9.92. The van der Waals surface area contributed by atoms with Crippen LogP contribution >= 0.6 is 11.6 Å². The van der Waals surface area contributed by atoms with Crippen molar-refractivity contribution in [3.05, 3.63) is 69.7 Å². The topological polar surface area (TPSA) is 198 Å². The van der Waals surface area contributed by atoms with Gasteiger partial charge in [-0.1, -0.05) is 11.6 Å². The second-order valence-corrected chi connectivity index (χ2v) is 13.7. The van der Waals surface area contributed by atoms with Crippen LogP contribution in [0.25, 0.3) is 21.8 Å². The number of aryl methyl sites for hydroxylation is 2. The molecular weight excluding hydrogens is 704 g/mol. The number of ether oxygens (including phenoxy) is 1. The van der Waals surface area contributed by atoms with Crippen LogP contribution in [0, 0.1) is 5.92 Å². The molecule has 3 aromatic heterocycles. The second kappa shape index (κ2) is 14.7. The van der Waals surface area contributed by atoms with E-state index in [1.54, 1.807) is 23.9 Å². The Hall–Kier alpha value is -5.74. The van der Waals surface area contributed by atoms with Crippen LogP contribution < -0.4 is 36.5 Å². The summed E-state index contributed by atoms with van der Waals surface area (Å²) in [7, 11) is 4.96. The van der Waals surface area contributed by atoms with Gasteiger partial charge in [-0.2, -0.15) is 10.1 Å². The molecule has 7 rings (SSSR count). The normalized spacial score (nSPS) is 19.0. The summed E-state index contributed by atoms with van der Waals surface area (Å²) in [6.07, 6.45) is 2.93. The second-order valence-electron chi connectivity index (χ2n) is 13.3. The van der Waals surface area contributed by atoms with E-state index in [4.69, 9.17) is 21.3 Å². The lowest BCUT2D eigenvalue weighted by molar-refractivity contribution is -0.134. The number of benzene rings is 2. The highest BCUT2D eigenvalue weighted by Crippen LogP contribution is 2.33. The van der Waals surface area contributed by atoms with Gasteiger partial charge in [0.05, 0.1) is 28.8 Å². The van der Waals surface area contributed by atoms with E-state index in [2.05, 4.69) is 31.3 Å². The Morgan fingerprint density at radius 3 is 2.66 bits per heavy atom. The minimum absolute atomic E-state index is 0.0415. The number of fused-ring (bicyclic) bond motifs is 2. The third-order valence-corrected chi connectivity index (χ3v) is 10.2. The molecule has 17 heteroatoms. The van der Waals surface area contributed by atoms with Gasteiger partial charge in [0.2, 0.25) is 17.8 Å². The van der Waals surface area contributed by atoms with Gasteiger partial charge in [-0.15, -0.1) is 0 Å². The predicted molar refractivity (Wildman–Crippen MR) is 200 cm³/mol. The minimum atomic E-state index is -0.483. The van der Waals surface area contributed by atoms with Crippen molar-refractivity contribution < 1.29 is 24.2 Å². The Kier molecular flexibility index (Phi) is 9.90. The van der Waals surface area contributed by atoms with Crippen molar-refractivity contribution >= 4 is 74.3 Å². The number of carbonyl (C=O) groups excluding carboxylic acids is 3. The summed E-state index contributed by atoms with van der Waals surface area (Å²) in [5.74, 6) is -0.668. The van der Waals surface area contributed by atoms with E-state index < -0.39 is 5.92 Å². The first-order valence-electron chi connectivity index (χ1n) is 17.2. The number of imide groups is 1. The van der Waals surface area contributed by atoms with Gasteiger partial charge < -0.3 is 35.3 Å². The monoisotopic (exact) mass is 742 g/mol. The fourth-order valence-electron chi connectivity index (χ4n) is 6.97. The van der Waals surface area contributed by atoms with Crippen LogP contribution in [-0.2, 0) is 28.5 Å². The molecule has 3 amide bonds. The molecule has 5 N–H and O–H groups in total. The number of aromatic nitrogens is 5. The molecule has 2 aliphatic heterocycles. The Morgan fingerprint density at radius 1 is 1.08 bits per heavy atom. The molecule has 1 unspecified atom stereocenters. The summed E-state index contributed by atoms with van der Waals surface area (Å²) in [5.41, 5.74) is 3.34. The first kappa shape index (κ1) is 35.7. The van der Waals surface area contributed by atoms with Gasteiger partial charge in [0.1, 0.15) is 5.02 Å². The molecule has 276 valence electrons. The number of halogens is 1. The number of aliphatic hydroxyl groups is 1. The molecule has 2 saturated heterocycles. The number of nitrogens with one attached hydrogen (secondary N) is 4. The number of carbonyl (C=O) groups is 3. The van der Waals surface area contributed by atoms with Gasteiger partial charge in [0.25, 0.3) is 11.5 Å². The molecule has 16 nitrogen and oxygen atoms in total. The molecule has 0 saturated carbocycles. The molecule has 53 heavy (non-hydrogen) atoms.